The fraction of sp³-hybridized carbons (Fsp3) is 0.462. The molecule has 0 saturated carbocycles. The zero-order valence-corrected chi connectivity index (χ0v) is 10.9. The third-order valence-corrected chi connectivity index (χ3v) is 2.39. The van der Waals surface area contributed by atoms with Crippen LogP contribution in [0.4, 0.5) is 0 Å². The molecule has 1 aromatic carbocycles. The Kier molecular flexibility index (Phi) is 6.00. The molecule has 1 amide bonds. The number of hydrogen-bond acceptors (Lipinski definition) is 4. The first kappa shape index (κ1) is 14.3. The van der Waals surface area contributed by atoms with Crippen molar-refractivity contribution in [2.24, 2.45) is 5.73 Å². The summed E-state index contributed by atoms with van der Waals surface area (Å²) in [6.07, 6.45) is 0.342. The van der Waals surface area contributed by atoms with Crippen LogP contribution < -0.4 is 20.5 Å². The molecule has 0 aliphatic rings. The highest BCUT2D eigenvalue weighted by Gasteiger charge is 2.06. The summed E-state index contributed by atoms with van der Waals surface area (Å²) in [6.45, 7) is 3.30. The summed E-state index contributed by atoms with van der Waals surface area (Å²) < 4.78 is 10.7. The second kappa shape index (κ2) is 7.55. The van der Waals surface area contributed by atoms with Crippen molar-refractivity contribution < 1.29 is 14.3 Å². The summed E-state index contributed by atoms with van der Waals surface area (Å²) in [5, 5.41) is 2.79. The molecular weight excluding hydrogens is 232 g/mol. The molecule has 5 nitrogen and oxygen atoms in total. The van der Waals surface area contributed by atoms with Crippen molar-refractivity contribution in [3.05, 3.63) is 23.8 Å². The van der Waals surface area contributed by atoms with Gasteiger partial charge in [0.15, 0.2) is 11.5 Å². The van der Waals surface area contributed by atoms with E-state index >= 15 is 0 Å². The van der Waals surface area contributed by atoms with Crippen LogP contribution in [0.3, 0.4) is 0 Å². The molecule has 18 heavy (non-hydrogen) atoms. The molecule has 0 radical (unpaired) electrons. The zero-order chi connectivity index (χ0) is 13.4. The van der Waals surface area contributed by atoms with Crippen LogP contribution in [0.15, 0.2) is 18.2 Å². The molecule has 0 unspecified atom stereocenters. The average Bonchev–Trinajstić information content (AvgIpc) is 2.37. The first-order chi connectivity index (χ1) is 8.71. The van der Waals surface area contributed by atoms with Crippen molar-refractivity contribution in [1.29, 1.82) is 0 Å². The summed E-state index contributed by atoms with van der Waals surface area (Å²) in [5.74, 6) is 1.32. The van der Waals surface area contributed by atoms with Crippen molar-refractivity contribution in [2.75, 3.05) is 20.3 Å². The van der Waals surface area contributed by atoms with Crippen molar-refractivity contribution in [3.8, 4) is 11.5 Å². The molecule has 0 spiro atoms. The molecule has 0 aliphatic heterocycles. The lowest BCUT2D eigenvalue weighted by Gasteiger charge is -2.11. The van der Waals surface area contributed by atoms with E-state index in [9.17, 15) is 4.79 Å². The Morgan fingerprint density at radius 1 is 1.39 bits per heavy atom. The maximum absolute atomic E-state index is 11.3. The average molecular weight is 252 g/mol. The molecule has 0 aliphatic carbocycles. The second-order valence-corrected chi connectivity index (χ2v) is 3.73. The Hall–Kier alpha value is -1.75. The fourth-order valence-corrected chi connectivity index (χ4v) is 1.52. The number of nitrogens with one attached hydrogen (secondary N) is 1. The van der Waals surface area contributed by atoms with Gasteiger partial charge in [0.05, 0.1) is 13.7 Å². The molecule has 0 saturated heterocycles. The summed E-state index contributed by atoms with van der Waals surface area (Å²) >= 11 is 0. The van der Waals surface area contributed by atoms with Gasteiger partial charge in [-0.25, -0.2) is 0 Å². The Morgan fingerprint density at radius 3 is 2.78 bits per heavy atom. The first-order valence-corrected chi connectivity index (χ1v) is 5.97. The van der Waals surface area contributed by atoms with Crippen LogP contribution in [0, 0.1) is 0 Å². The summed E-state index contributed by atoms with van der Waals surface area (Å²) in [5.41, 5.74) is 6.27. The highest BCUT2D eigenvalue weighted by molar-refractivity contribution is 5.76. The van der Waals surface area contributed by atoms with Crippen molar-refractivity contribution in [2.45, 2.75) is 19.9 Å². The van der Waals surface area contributed by atoms with Gasteiger partial charge in [-0.3, -0.25) is 4.79 Å². The van der Waals surface area contributed by atoms with Crippen molar-refractivity contribution in [3.63, 3.8) is 0 Å². The molecule has 100 valence electrons. The van der Waals surface area contributed by atoms with Crippen LogP contribution in [0.25, 0.3) is 0 Å². The van der Waals surface area contributed by atoms with Gasteiger partial charge in [0.2, 0.25) is 5.91 Å². The molecule has 0 aromatic heterocycles. The molecule has 0 heterocycles. The SMILES string of the molecule is CCOc1cc(CNC(=O)CCN)ccc1OC. The Balaban J connectivity index is 2.66. The molecular formula is C13H20N2O3. The van der Waals surface area contributed by atoms with E-state index in [0.29, 0.717) is 37.6 Å². The van der Waals surface area contributed by atoms with E-state index in [2.05, 4.69) is 5.32 Å². The Labute approximate surface area is 107 Å². The summed E-state index contributed by atoms with van der Waals surface area (Å²) in [4.78, 5) is 11.3. The number of benzene rings is 1. The highest BCUT2D eigenvalue weighted by atomic mass is 16.5. The van der Waals surface area contributed by atoms with E-state index in [0.717, 1.165) is 5.56 Å². The quantitative estimate of drug-likeness (QED) is 0.761. The van der Waals surface area contributed by atoms with E-state index in [4.69, 9.17) is 15.2 Å². The third kappa shape index (κ3) is 4.25. The van der Waals surface area contributed by atoms with Crippen LogP contribution in [0.2, 0.25) is 0 Å². The maximum Gasteiger partial charge on any atom is 0.221 e. The number of methoxy groups -OCH3 is 1. The first-order valence-electron chi connectivity index (χ1n) is 5.97. The smallest absolute Gasteiger partial charge is 0.221 e. The van der Waals surface area contributed by atoms with Crippen LogP contribution >= 0.6 is 0 Å². The van der Waals surface area contributed by atoms with Gasteiger partial charge in [-0.05, 0) is 24.6 Å². The van der Waals surface area contributed by atoms with Gasteiger partial charge >= 0.3 is 0 Å². The molecule has 1 rings (SSSR count). The number of amides is 1. The van der Waals surface area contributed by atoms with Gasteiger partial charge in [-0.15, -0.1) is 0 Å². The van der Waals surface area contributed by atoms with Crippen molar-refractivity contribution >= 4 is 5.91 Å². The Morgan fingerprint density at radius 2 is 2.17 bits per heavy atom. The van der Waals surface area contributed by atoms with E-state index in [1.165, 1.54) is 0 Å². The predicted molar refractivity (Wildman–Crippen MR) is 69.7 cm³/mol. The predicted octanol–water partition coefficient (Wildman–Crippen LogP) is 1.06. The highest BCUT2D eigenvalue weighted by Crippen LogP contribution is 2.27. The lowest BCUT2D eigenvalue weighted by Crippen LogP contribution is -2.24. The number of nitrogens with two attached hydrogens (primary N) is 1. The minimum Gasteiger partial charge on any atom is -0.493 e. The fourth-order valence-electron chi connectivity index (χ4n) is 1.52. The van der Waals surface area contributed by atoms with Gasteiger partial charge in [0, 0.05) is 19.5 Å². The largest absolute Gasteiger partial charge is 0.493 e. The molecule has 0 bridgehead atoms. The van der Waals surface area contributed by atoms with Crippen molar-refractivity contribution in [1.82, 2.24) is 5.32 Å². The molecule has 0 fully saturated rings. The van der Waals surface area contributed by atoms with Crippen LogP contribution in [-0.4, -0.2) is 26.2 Å². The van der Waals surface area contributed by atoms with E-state index < -0.39 is 0 Å². The Bertz CT molecular complexity index is 394. The lowest BCUT2D eigenvalue weighted by molar-refractivity contribution is -0.121. The van der Waals surface area contributed by atoms with Gasteiger partial charge < -0.3 is 20.5 Å². The monoisotopic (exact) mass is 252 g/mol. The molecule has 1 aromatic rings. The number of hydrogen-bond donors (Lipinski definition) is 2. The minimum atomic E-state index is -0.0497. The van der Waals surface area contributed by atoms with Gasteiger partial charge in [0.25, 0.3) is 0 Å². The third-order valence-electron chi connectivity index (χ3n) is 2.39. The number of carbonyl (C=O) groups excluding carboxylic acids is 1. The molecule has 5 heteroatoms. The lowest BCUT2D eigenvalue weighted by atomic mass is 10.2. The zero-order valence-electron chi connectivity index (χ0n) is 10.9. The van der Waals surface area contributed by atoms with E-state index in [1.54, 1.807) is 7.11 Å². The number of rotatable bonds is 7. The number of ether oxygens (including phenoxy) is 2. The number of carbonyl (C=O) groups is 1. The topological polar surface area (TPSA) is 73.6 Å². The second-order valence-electron chi connectivity index (χ2n) is 3.73. The standard InChI is InChI=1S/C13H20N2O3/c1-3-18-12-8-10(4-5-11(12)17-2)9-15-13(16)6-7-14/h4-5,8H,3,6-7,9,14H2,1-2H3,(H,15,16). The normalized spacial score (nSPS) is 9.94. The molecule has 3 N–H and O–H groups in total. The van der Waals surface area contributed by atoms with Crippen LogP contribution in [-0.2, 0) is 11.3 Å². The molecule has 0 atom stereocenters. The van der Waals surface area contributed by atoms with Crippen LogP contribution in [0.5, 0.6) is 11.5 Å². The minimum absolute atomic E-state index is 0.0497. The van der Waals surface area contributed by atoms with E-state index in [1.807, 2.05) is 25.1 Å². The van der Waals surface area contributed by atoms with Crippen LogP contribution in [0.1, 0.15) is 18.9 Å². The van der Waals surface area contributed by atoms with E-state index in [-0.39, 0.29) is 5.91 Å². The summed E-state index contributed by atoms with van der Waals surface area (Å²) in [7, 11) is 1.60. The maximum atomic E-state index is 11.3. The van der Waals surface area contributed by atoms with Gasteiger partial charge in [-0.2, -0.15) is 0 Å². The van der Waals surface area contributed by atoms with Gasteiger partial charge in [-0.1, -0.05) is 6.07 Å². The summed E-state index contributed by atoms with van der Waals surface area (Å²) in [6, 6.07) is 5.59. The van der Waals surface area contributed by atoms with Gasteiger partial charge in [0.1, 0.15) is 0 Å².